The summed E-state index contributed by atoms with van der Waals surface area (Å²) in [4.78, 5) is 20.6. The van der Waals surface area contributed by atoms with Crippen molar-refractivity contribution in [1.82, 2.24) is 24.5 Å². The maximum absolute atomic E-state index is 6.57. The van der Waals surface area contributed by atoms with Gasteiger partial charge in [0.1, 0.15) is 11.2 Å². The van der Waals surface area contributed by atoms with Crippen LogP contribution in [0.5, 0.6) is 0 Å². The molecular weight excluding hydrogens is 783 g/mol. The minimum absolute atomic E-state index is 0.603. The van der Waals surface area contributed by atoms with Crippen molar-refractivity contribution >= 4 is 65.4 Å². The first-order valence-corrected chi connectivity index (χ1v) is 21.5. The lowest BCUT2D eigenvalue weighted by molar-refractivity contribution is 0.669. The highest BCUT2D eigenvalue weighted by molar-refractivity contribution is 6.28. The van der Waals surface area contributed by atoms with E-state index in [2.05, 4.69) is 180 Å². The van der Waals surface area contributed by atoms with E-state index in [1.807, 2.05) is 36.4 Å². The average Bonchev–Trinajstić information content (AvgIpc) is 3.92. The van der Waals surface area contributed by atoms with Gasteiger partial charge in [0.25, 0.3) is 0 Å². The van der Waals surface area contributed by atoms with E-state index in [-0.39, 0.29) is 0 Å². The molecule has 0 unspecified atom stereocenters. The first-order valence-electron chi connectivity index (χ1n) is 21.5. The van der Waals surface area contributed by atoms with Gasteiger partial charge in [-0.1, -0.05) is 140 Å². The molecule has 13 rings (SSSR count). The number of aromatic nitrogens is 5. The van der Waals surface area contributed by atoms with E-state index in [1.54, 1.807) is 0 Å². The Morgan fingerprint density at radius 1 is 0.312 bits per heavy atom. The number of hydrogen-bond acceptors (Lipinski definition) is 5. The van der Waals surface area contributed by atoms with E-state index in [0.717, 1.165) is 105 Å². The summed E-state index contributed by atoms with van der Waals surface area (Å²) in [6, 6.07) is 73.8. The first-order chi connectivity index (χ1) is 31.7. The Bertz CT molecular complexity index is 3950. The Morgan fingerprint density at radius 3 is 1.67 bits per heavy atom. The molecule has 298 valence electrons. The number of furan rings is 1. The van der Waals surface area contributed by atoms with Crippen LogP contribution in [0.15, 0.2) is 217 Å². The molecule has 0 fully saturated rings. The molecule has 0 aliphatic carbocycles. The lowest BCUT2D eigenvalue weighted by atomic mass is 9.95. The van der Waals surface area contributed by atoms with Crippen molar-refractivity contribution in [3.8, 4) is 62.2 Å². The second-order valence-corrected chi connectivity index (χ2v) is 16.2. The van der Waals surface area contributed by atoms with Crippen LogP contribution in [0.1, 0.15) is 0 Å². The van der Waals surface area contributed by atoms with E-state index in [9.17, 15) is 0 Å². The van der Waals surface area contributed by atoms with Crippen molar-refractivity contribution in [2.45, 2.75) is 0 Å². The fraction of sp³-hybridized carbons (Fsp3) is 0. The quantitative estimate of drug-likeness (QED) is 0.156. The predicted octanol–water partition coefficient (Wildman–Crippen LogP) is 14.9. The summed E-state index contributed by atoms with van der Waals surface area (Å²) in [5.74, 6) is 1.83. The molecule has 0 bridgehead atoms. The molecule has 0 atom stereocenters. The Morgan fingerprint density at radius 2 is 0.875 bits per heavy atom. The Kier molecular flexibility index (Phi) is 8.11. The van der Waals surface area contributed by atoms with Crippen LogP contribution >= 0.6 is 0 Å². The van der Waals surface area contributed by atoms with Gasteiger partial charge in [-0.3, -0.25) is 0 Å². The normalized spacial score (nSPS) is 11.8. The molecule has 0 aliphatic rings. The zero-order chi connectivity index (χ0) is 42.1. The number of hydrogen-bond donors (Lipinski definition) is 0. The second-order valence-electron chi connectivity index (χ2n) is 16.2. The third-order valence-electron chi connectivity index (χ3n) is 12.4. The van der Waals surface area contributed by atoms with E-state index < -0.39 is 0 Å². The fourth-order valence-electron chi connectivity index (χ4n) is 9.46. The van der Waals surface area contributed by atoms with Crippen molar-refractivity contribution in [3.63, 3.8) is 0 Å². The zero-order valence-electron chi connectivity index (χ0n) is 34.4. The molecule has 6 heteroatoms. The molecule has 64 heavy (non-hydrogen) atoms. The molecule has 0 spiro atoms. The van der Waals surface area contributed by atoms with Gasteiger partial charge in [0, 0.05) is 65.6 Å². The van der Waals surface area contributed by atoms with Crippen LogP contribution in [0, 0.1) is 0 Å². The summed E-state index contributed by atoms with van der Waals surface area (Å²) in [5, 5.41) is 7.77. The zero-order valence-corrected chi connectivity index (χ0v) is 34.4. The average molecular weight is 818 g/mol. The molecule has 0 amide bonds. The standard InChI is InChI=1S/C58H35N5O/c1-4-15-36(16-5-1)55-45-29-32-52-54(53(45)44-24-10-12-25-48(44)59-55)47-34-39(28-31-51(47)64-52)38-19-14-20-40(33-38)57-60-56(37-17-6-2-7-18-37)61-58(62-57)41-27-30-50-46(35-41)43-23-11-13-26-49(43)63(50)42-21-8-3-9-22-42/h1-35H. The first kappa shape index (κ1) is 36.0. The molecule has 0 saturated carbocycles. The number of benzene rings is 9. The van der Waals surface area contributed by atoms with Crippen molar-refractivity contribution in [1.29, 1.82) is 0 Å². The highest BCUT2D eigenvalue weighted by Gasteiger charge is 2.20. The Labute approximate surface area is 367 Å². The molecule has 6 nitrogen and oxygen atoms in total. The van der Waals surface area contributed by atoms with E-state index >= 15 is 0 Å². The molecule has 0 aliphatic heterocycles. The molecule has 0 saturated heterocycles. The number of rotatable bonds is 6. The number of pyridine rings is 1. The Hall–Kier alpha value is -8.74. The number of para-hydroxylation sites is 3. The van der Waals surface area contributed by atoms with Gasteiger partial charge in [-0.15, -0.1) is 0 Å². The molecule has 9 aromatic carbocycles. The third kappa shape index (κ3) is 5.81. The van der Waals surface area contributed by atoms with Crippen LogP contribution in [0.2, 0.25) is 0 Å². The van der Waals surface area contributed by atoms with Crippen LogP contribution in [-0.4, -0.2) is 24.5 Å². The fourth-order valence-corrected chi connectivity index (χ4v) is 9.46. The summed E-state index contributed by atoms with van der Waals surface area (Å²) < 4.78 is 8.90. The number of nitrogens with zero attached hydrogens (tertiary/aromatic N) is 5. The van der Waals surface area contributed by atoms with Gasteiger partial charge in [0.05, 0.1) is 22.2 Å². The van der Waals surface area contributed by atoms with Gasteiger partial charge < -0.3 is 8.98 Å². The SMILES string of the molecule is c1ccc(-c2nc(-c3cccc(-c4ccc5oc6ccc7c(-c8ccccc8)nc8ccccc8c7c6c5c4)c3)nc(-c3ccc4c(c3)c3ccccc3n4-c3ccccc3)n2)cc1. The molecule has 0 N–H and O–H groups in total. The minimum atomic E-state index is 0.603. The third-order valence-corrected chi connectivity index (χ3v) is 12.4. The van der Waals surface area contributed by atoms with Gasteiger partial charge in [-0.05, 0) is 83.9 Å². The van der Waals surface area contributed by atoms with Crippen LogP contribution in [0.25, 0.3) is 128 Å². The highest BCUT2D eigenvalue weighted by atomic mass is 16.3. The maximum Gasteiger partial charge on any atom is 0.164 e. The molecular formula is C58H35N5O. The van der Waals surface area contributed by atoms with E-state index in [4.69, 9.17) is 24.4 Å². The van der Waals surface area contributed by atoms with Gasteiger partial charge >= 0.3 is 0 Å². The van der Waals surface area contributed by atoms with Crippen molar-refractivity contribution in [3.05, 3.63) is 212 Å². The molecule has 4 aromatic heterocycles. The predicted molar refractivity (Wildman–Crippen MR) is 261 cm³/mol. The van der Waals surface area contributed by atoms with Crippen LogP contribution in [0.3, 0.4) is 0 Å². The van der Waals surface area contributed by atoms with E-state index in [1.165, 1.54) is 5.39 Å². The van der Waals surface area contributed by atoms with Gasteiger partial charge in [0.2, 0.25) is 0 Å². The van der Waals surface area contributed by atoms with E-state index in [0.29, 0.717) is 17.5 Å². The summed E-state index contributed by atoms with van der Waals surface area (Å²) in [6.07, 6.45) is 0. The summed E-state index contributed by atoms with van der Waals surface area (Å²) in [5.41, 5.74) is 12.9. The minimum Gasteiger partial charge on any atom is -0.456 e. The van der Waals surface area contributed by atoms with Crippen molar-refractivity contribution < 1.29 is 4.42 Å². The maximum atomic E-state index is 6.57. The smallest absolute Gasteiger partial charge is 0.164 e. The summed E-state index contributed by atoms with van der Waals surface area (Å²) in [6.45, 7) is 0. The Balaban J connectivity index is 0.967. The van der Waals surface area contributed by atoms with Gasteiger partial charge in [0.15, 0.2) is 17.5 Å². The monoisotopic (exact) mass is 817 g/mol. The van der Waals surface area contributed by atoms with Gasteiger partial charge in [-0.2, -0.15) is 0 Å². The molecule has 0 radical (unpaired) electrons. The lowest BCUT2D eigenvalue weighted by Crippen LogP contribution is -2.00. The summed E-state index contributed by atoms with van der Waals surface area (Å²) in [7, 11) is 0. The second kappa shape index (κ2) is 14.4. The molecule has 4 heterocycles. The molecule has 13 aromatic rings. The van der Waals surface area contributed by atoms with Crippen LogP contribution in [0.4, 0.5) is 0 Å². The van der Waals surface area contributed by atoms with Crippen molar-refractivity contribution in [2.75, 3.05) is 0 Å². The van der Waals surface area contributed by atoms with Crippen LogP contribution < -0.4 is 0 Å². The van der Waals surface area contributed by atoms with Gasteiger partial charge in [-0.25, -0.2) is 19.9 Å². The lowest BCUT2D eigenvalue weighted by Gasteiger charge is -2.11. The largest absolute Gasteiger partial charge is 0.456 e. The topological polar surface area (TPSA) is 69.6 Å². The summed E-state index contributed by atoms with van der Waals surface area (Å²) >= 11 is 0. The van der Waals surface area contributed by atoms with Crippen molar-refractivity contribution in [2.24, 2.45) is 0 Å². The van der Waals surface area contributed by atoms with Crippen LogP contribution in [-0.2, 0) is 0 Å². The highest BCUT2D eigenvalue weighted by Crippen LogP contribution is 2.43. The number of fused-ring (bicyclic) bond motifs is 10.